The Kier molecular flexibility index (Phi) is 8.41. The lowest BCUT2D eigenvalue weighted by molar-refractivity contribution is -0.121. The Morgan fingerprint density at radius 2 is 1.83 bits per heavy atom. The van der Waals surface area contributed by atoms with Crippen LogP contribution in [0.1, 0.15) is 33.7 Å². The highest BCUT2D eigenvalue weighted by Crippen LogP contribution is 2.20. The van der Waals surface area contributed by atoms with Gasteiger partial charge >= 0.3 is 5.97 Å². The predicted molar refractivity (Wildman–Crippen MR) is 128 cm³/mol. The van der Waals surface area contributed by atoms with Crippen LogP contribution in [0.5, 0.6) is 0 Å². The van der Waals surface area contributed by atoms with E-state index in [0.29, 0.717) is 11.4 Å². The molecule has 0 aliphatic rings. The van der Waals surface area contributed by atoms with Gasteiger partial charge in [-0.25, -0.2) is 17.9 Å². The molecule has 1 amide bonds. The third-order valence-corrected chi connectivity index (χ3v) is 6.39. The van der Waals surface area contributed by atoms with Crippen molar-refractivity contribution in [1.82, 2.24) is 4.72 Å². The molecule has 0 saturated heterocycles. The number of hydrogen-bond acceptors (Lipinski definition) is 7. The molecule has 0 radical (unpaired) electrons. The SMILES string of the molecule is Cc1cc(C)cc(N(CCC#N)C(=O)COC(=O)c2cccc(S(=O)(=O)NCc3ccco3)c2)c1. The molecule has 0 aliphatic heterocycles. The average molecular weight is 496 g/mol. The smallest absolute Gasteiger partial charge is 0.338 e. The molecule has 0 atom stereocenters. The number of amides is 1. The van der Waals surface area contributed by atoms with Gasteiger partial charge in [-0.15, -0.1) is 0 Å². The summed E-state index contributed by atoms with van der Waals surface area (Å²) in [7, 11) is -3.92. The van der Waals surface area contributed by atoms with Crippen molar-refractivity contribution in [2.45, 2.75) is 31.7 Å². The van der Waals surface area contributed by atoms with E-state index < -0.39 is 28.5 Å². The van der Waals surface area contributed by atoms with Crippen LogP contribution >= 0.6 is 0 Å². The molecule has 1 N–H and O–H groups in total. The van der Waals surface area contributed by atoms with E-state index in [1.54, 1.807) is 12.1 Å². The number of nitrogens with one attached hydrogen (secondary N) is 1. The molecule has 3 rings (SSSR count). The lowest BCUT2D eigenvalue weighted by atomic mass is 10.1. The fourth-order valence-corrected chi connectivity index (χ4v) is 4.45. The molecule has 0 aliphatic carbocycles. The first kappa shape index (κ1) is 25.7. The van der Waals surface area contributed by atoms with Gasteiger partial charge in [-0.2, -0.15) is 5.26 Å². The molecule has 0 bridgehead atoms. The number of rotatable bonds is 10. The van der Waals surface area contributed by atoms with Crippen molar-refractivity contribution < 1.29 is 27.2 Å². The first-order valence-electron chi connectivity index (χ1n) is 10.7. The number of nitrogens with zero attached hydrogens (tertiary/aromatic N) is 2. The Bertz CT molecular complexity index is 1320. The van der Waals surface area contributed by atoms with Crippen molar-refractivity contribution in [3.05, 3.63) is 83.3 Å². The van der Waals surface area contributed by atoms with Gasteiger partial charge in [0, 0.05) is 12.2 Å². The lowest BCUT2D eigenvalue weighted by Crippen LogP contribution is -2.35. The Hall–Kier alpha value is -3.94. The van der Waals surface area contributed by atoms with Crippen LogP contribution in [-0.4, -0.2) is 33.4 Å². The number of nitriles is 1. The quantitative estimate of drug-likeness (QED) is 0.426. The average Bonchev–Trinajstić information content (AvgIpc) is 3.35. The van der Waals surface area contributed by atoms with Crippen molar-refractivity contribution in [1.29, 1.82) is 5.26 Å². The maximum atomic E-state index is 12.9. The van der Waals surface area contributed by atoms with Crippen LogP contribution in [0.25, 0.3) is 0 Å². The zero-order valence-corrected chi connectivity index (χ0v) is 20.2. The van der Waals surface area contributed by atoms with Gasteiger partial charge in [0.15, 0.2) is 6.61 Å². The standard InChI is InChI=1S/C25H25N3O6S/c1-18-12-19(2)14-21(13-18)28(10-5-9-26)24(29)17-34-25(30)20-6-3-8-23(15-20)35(31,32)27-16-22-7-4-11-33-22/h3-4,6-8,11-15,27H,5,10,16-17H2,1-2H3. The third kappa shape index (κ3) is 7.02. The zero-order chi connectivity index (χ0) is 25.4. The molecule has 182 valence electrons. The molecule has 2 aromatic carbocycles. The van der Waals surface area contributed by atoms with E-state index >= 15 is 0 Å². The molecule has 0 fully saturated rings. The summed E-state index contributed by atoms with van der Waals surface area (Å²) in [5, 5.41) is 8.97. The number of sulfonamides is 1. The molecule has 35 heavy (non-hydrogen) atoms. The van der Waals surface area contributed by atoms with Gasteiger partial charge in [0.25, 0.3) is 5.91 Å². The largest absolute Gasteiger partial charge is 0.468 e. The van der Waals surface area contributed by atoms with Crippen molar-refractivity contribution in [2.24, 2.45) is 0 Å². The minimum atomic E-state index is -3.92. The predicted octanol–water partition coefficient (Wildman–Crippen LogP) is 3.48. The summed E-state index contributed by atoms with van der Waals surface area (Å²) >= 11 is 0. The number of hydrogen-bond donors (Lipinski definition) is 1. The minimum Gasteiger partial charge on any atom is -0.468 e. The van der Waals surface area contributed by atoms with Crippen LogP contribution < -0.4 is 9.62 Å². The van der Waals surface area contributed by atoms with Gasteiger partial charge in [-0.1, -0.05) is 12.1 Å². The Morgan fingerprint density at radius 3 is 2.49 bits per heavy atom. The van der Waals surface area contributed by atoms with E-state index in [9.17, 15) is 18.0 Å². The third-order valence-electron chi connectivity index (χ3n) is 4.99. The lowest BCUT2D eigenvalue weighted by Gasteiger charge is -2.22. The van der Waals surface area contributed by atoms with Gasteiger partial charge in [0.1, 0.15) is 5.76 Å². The number of esters is 1. The monoisotopic (exact) mass is 495 g/mol. The second kappa shape index (κ2) is 11.5. The van der Waals surface area contributed by atoms with Crippen molar-refractivity contribution in [3.63, 3.8) is 0 Å². The van der Waals surface area contributed by atoms with Crippen LogP contribution in [-0.2, 0) is 26.1 Å². The number of ether oxygens (including phenoxy) is 1. The summed E-state index contributed by atoms with van der Waals surface area (Å²) in [5.74, 6) is -0.906. The molecular formula is C25H25N3O6S. The number of benzene rings is 2. The fourth-order valence-electron chi connectivity index (χ4n) is 3.41. The van der Waals surface area contributed by atoms with Crippen LogP contribution in [0.4, 0.5) is 5.69 Å². The van der Waals surface area contributed by atoms with Gasteiger partial charge in [-0.05, 0) is 67.4 Å². The molecule has 3 aromatic rings. The minimum absolute atomic E-state index is 0.0198. The molecule has 0 spiro atoms. The normalized spacial score (nSPS) is 11.0. The summed E-state index contributed by atoms with van der Waals surface area (Å²) in [4.78, 5) is 26.7. The highest BCUT2D eigenvalue weighted by molar-refractivity contribution is 7.89. The van der Waals surface area contributed by atoms with Crippen LogP contribution in [0.15, 0.2) is 70.2 Å². The van der Waals surface area contributed by atoms with E-state index in [2.05, 4.69) is 4.72 Å². The summed E-state index contributed by atoms with van der Waals surface area (Å²) < 4.78 is 37.8. The molecule has 0 saturated carbocycles. The first-order valence-corrected chi connectivity index (χ1v) is 12.2. The molecular weight excluding hydrogens is 470 g/mol. The van der Waals surface area contributed by atoms with Gasteiger partial charge in [0.05, 0.1) is 35.8 Å². The molecule has 9 nitrogen and oxygen atoms in total. The molecule has 10 heteroatoms. The molecule has 1 heterocycles. The maximum Gasteiger partial charge on any atom is 0.338 e. The number of carbonyl (C=O) groups is 2. The van der Waals surface area contributed by atoms with Crippen molar-refractivity contribution >= 4 is 27.6 Å². The van der Waals surface area contributed by atoms with Crippen LogP contribution in [0.3, 0.4) is 0 Å². The highest BCUT2D eigenvalue weighted by Gasteiger charge is 2.21. The second-order valence-corrected chi connectivity index (χ2v) is 9.57. The highest BCUT2D eigenvalue weighted by atomic mass is 32.2. The molecule has 1 aromatic heterocycles. The summed E-state index contributed by atoms with van der Waals surface area (Å²) in [6.07, 6.45) is 1.54. The van der Waals surface area contributed by atoms with Crippen LogP contribution in [0.2, 0.25) is 0 Å². The van der Waals surface area contributed by atoms with Crippen LogP contribution in [0, 0.1) is 25.2 Å². The second-order valence-electron chi connectivity index (χ2n) is 7.81. The van der Waals surface area contributed by atoms with Gasteiger partial charge in [-0.3, -0.25) is 4.79 Å². The number of carbonyl (C=O) groups excluding carboxylic acids is 2. The number of furan rings is 1. The zero-order valence-electron chi connectivity index (χ0n) is 19.4. The van der Waals surface area contributed by atoms with E-state index in [-0.39, 0.29) is 30.0 Å². The maximum absolute atomic E-state index is 12.9. The van der Waals surface area contributed by atoms with E-state index in [4.69, 9.17) is 14.4 Å². The van der Waals surface area contributed by atoms with Gasteiger partial charge in [0.2, 0.25) is 10.0 Å². The van der Waals surface area contributed by atoms with Crippen molar-refractivity contribution in [3.8, 4) is 6.07 Å². The number of anilines is 1. The van der Waals surface area contributed by atoms with E-state index in [1.807, 2.05) is 38.1 Å². The number of aryl methyl sites for hydroxylation is 2. The summed E-state index contributed by atoms with van der Waals surface area (Å²) in [6.45, 7) is 3.33. The summed E-state index contributed by atoms with van der Waals surface area (Å²) in [6, 6.07) is 16.2. The topological polar surface area (TPSA) is 130 Å². The van der Waals surface area contributed by atoms with E-state index in [0.717, 1.165) is 11.1 Å². The fraction of sp³-hybridized carbons (Fsp3) is 0.240. The Labute approximate surface area is 204 Å². The van der Waals surface area contributed by atoms with E-state index in [1.165, 1.54) is 35.4 Å². The summed E-state index contributed by atoms with van der Waals surface area (Å²) in [5.41, 5.74) is 2.49. The van der Waals surface area contributed by atoms with Crippen molar-refractivity contribution in [2.75, 3.05) is 18.1 Å². The van der Waals surface area contributed by atoms with Gasteiger partial charge < -0.3 is 14.1 Å². The Balaban J connectivity index is 1.68. The Morgan fingerprint density at radius 1 is 1.09 bits per heavy atom. The molecule has 0 unspecified atom stereocenters. The first-order chi connectivity index (χ1) is 16.7.